The van der Waals surface area contributed by atoms with Crippen LogP contribution in [0.2, 0.25) is 0 Å². The number of hydrogen-bond acceptors (Lipinski definition) is 5. The Morgan fingerprint density at radius 3 is 2.37 bits per heavy atom. The van der Waals surface area contributed by atoms with E-state index in [0.717, 1.165) is 12.3 Å². The van der Waals surface area contributed by atoms with Crippen LogP contribution in [0.3, 0.4) is 0 Å². The predicted molar refractivity (Wildman–Crippen MR) is 131 cm³/mol. The molecular weight excluding hydrogens is 466 g/mol. The van der Waals surface area contributed by atoms with E-state index >= 15 is 0 Å². The van der Waals surface area contributed by atoms with Crippen LogP contribution >= 0.6 is 0 Å². The standard InChI is InChI=1S/C26H33N3O5S/c1-17(24-15-18-2-3-20(24)14-18)28-35(32,33)23-6-4-22(5-7-23)27-25(30)19-8-11-29(12-9-19)26(31)21-10-13-34-16-21/h4-7,10,13,16-20,24,28H,2-3,8-9,11-12,14-15H2,1H3,(H,27,30)/t17-,18-,20-,24-/m0/s1. The minimum absolute atomic E-state index is 0.0825. The molecule has 5 rings (SSSR count). The van der Waals surface area contributed by atoms with Crippen molar-refractivity contribution in [2.75, 3.05) is 18.4 Å². The normalized spacial score (nSPS) is 25.5. The lowest BCUT2D eigenvalue weighted by Gasteiger charge is -2.31. The van der Waals surface area contributed by atoms with Crippen LogP contribution in [-0.4, -0.2) is 44.3 Å². The summed E-state index contributed by atoms with van der Waals surface area (Å²) >= 11 is 0. The van der Waals surface area contributed by atoms with Gasteiger partial charge >= 0.3 is 0 Å². The third-order valence-corrected chi connectivity index (χ3v) is 9.70. The Balaban J connectivity index is 1.13. The molecule has 8 nitrogen and oxygen atoms in total. The molecule has 0 unspecified atom stereocenters. The van der Waals surface area contributed by atoms with E-state index in [2.05, 4.69) is 10.0 Å². The van der Waals surface area contributed by atoms with Gasteiger partial charge in [-0.15, -0.1) is 0 Å². The zero-order valence-electron chi connectivity index (χ0n) is 20.0. The largest absolute Gasteiger partial charge is 0.472 e. The summed E-state index contributed by atoms with van der Waals surface area (Å²) in [5, 5.41) is 2.89. The van der Waals surface area contributed by atoms with E-state index in [9.17, 15) is 18.0 Å². The Bertz CT molecular complexity index is 1150. The Morgan fingerprint density at radius 2 is 1.77 bits per heavy atom. The van der Waals surface area contributed by atoms with Crippen molar-refractivity contribution in [2.45, 2.75) is 56.4 Å². The fourth-order valence-electron chi connectivity index (χ4n) is 6.18. The van der Waals surface area contributed by atoms with Gasteiger partial charge in [0.15, 0.2) is 0 Å². The van der Waals surface area contributed by atoms with Gasteiger partial charge < -0.3 is 14.6 Å². The minimum Gasteiger partial charge on any atom is -0.472 e. The highest BCUT2D eigenvalue weighted by Gasteiger charge is 2.42. The van der Waals surface area contributed by atoms with E-state index in [1.807, 2.05) is 6.92 Å². The molecule has 1 saturated heterocycles. The summed E-state index contributed by atoms with van der Waals surface area (Å²) in [6.45, 7) is 2.99. The molecule has 2 heterocycles. The van der Waals surface area contributed by atoms with Gasteiger partial charge in [-0.05, 0) is 87.1 Å². The molecule has 3 fully saturated rings. The third-order valence-electron chi connectivity index (χ3n) is 8.13. The van der Waals surface area contributed by atoms with Crippen LogP contribution in [0.25, 0.3) is 0 Å². The first-order valence-electron chi connectivity index (χ1n) is 12.5. The van der Waals surface area contributed by atoms with Crippen molar-refractivity contribution in [1.82, 2.24) is 9.62 Å². The van der Waals surface area contributed by atoms with Crippen LogP contribution in [0.1, 0.15) is 55.8 Å². The Morgan fingerprint density at radius 1 is 1.03 bits per heavy atom. The SMILES string of the molecule is C[C@H](NS(=O)(=O)c1ccc(NC(=O)C2CCN(C(=O)c3ccoc3)CC2)cc1)[C@@H]1C[C@H]2CC[C@H]1C2. The number of hydrogen-bond donors (Lipinski definition) is 2. The van der Waals surface area contributed by atoms with Gasteiger partial charge in [-0.25, -0.2) is 13.1 Å². The number of anilines is 1. The van der Waals surface area contributed by atoms with E-state index in [-0.39, 0.29) is 28.7 Å². The number of amides is 2. The summed E-state index contributed by atoms with van der Waals surface area (Å²) in [6.07, 6.45) is 8.92. The van der Waals surface area contributed by atoms with Gasteiger partial charge in [0.2, 0.25) is 15.9 Å². The monoisotopic (exact) mass is 499 g/mol. The Hall–Kier alpha value is -2.65. The molecule has 0 spiro atoms. The first-order valence-corrected chi connectivity index (χ1v) is 14.0. The molecule has 4 atom stereocenters. The van der Waals surface area contributed by atoms with E-state index < -0.39 is 10.0 Å². The zero-order valence-corrected chi connectivity index (χ0v) is 20.8. The minimum atomic E-state index is -3.62. The Labute approximate surface area is 206 Å². The molecule has 2 saturated carbocycles. The molecule has 2 amide bonds. The van der Waals surface area contributed by atoms with Crippen LogP contribution in [0.5, 0.6) is 0 Å². The molecule has 2 bridgehead atoms. The van der Waals surface area contributed by atoms with Crippen LogP contribution in [0.15, 0.2) is 52.2 Å². The molecular formula is C26H33N3O5S. The Kier molecular flexibility index (Phi) is 6.72. The topological polar surface area (TPSA) is 109 Å². The highest BCUT2D eigenvalue weighted by atomic mass is 32.2. The first kappa shape index (κ1) is 24.1. The van der Waals surface area contributed by atoms with Gasteiger partial charge in [-0.2, -0.15) is 0 Å². The number of nitrogens with one attached hydrogen (secondary N) is 2. The van der Waals surface area contributed by atoms with E-state index in [1.54, 1.807) is 23.1 Å². The molecule has 1 aliphatic heterocycles. The number of furan rings is 1. The molecule has 188 valence electrons. The lowest BCUT2D eigenvalue weighted by molar-refractivity contribution is -0.121. The van der Waals surface area contributed by atoms with Gasteiger partial charge in [-0.3, -0.25) is 9.59 Å². The average Bonchev–Trinajstić information content (AvgIpc) is 3.63. The number of carbonyl (C=O) groups is 2. The highest BCUT2D eigenvalue weighted by Crippen LogP contribution is 2.49. The second kappa shape index (κ2) is 9.78. The number of carbonyl (C=O) groups excluding carboxylic acids is 2. The molecule has 3 aliphatic rings. The van der Waals surface area contributed by atoms with Gasteiger partial charge in [0.05, 0.1) is 16.7 Å². The summed E-state index contributed by atoms with van der Waals surface area (Å²) in [5.74, 6) is 1.44. The van der Waals surface area contributed by atoms with Gasteiger partial charge in [0.1, 0.15) is 6.26 Å². The van der Waals surface area contributed by atoms with Crippen molar-refractivity contribution in [3.63, 3.8) is 0 Å². The van der Waals surface area contributed by atoms with Gasteiger partial charge in [0.25, 0.3) is 5.91 Å². The average molecular weight is 500 g/mol. The summed E-state index contributed by atoms with van der Waals surface area (Å²) in [5.41, 5.74) is 1.08. The van der Waals surface area contributed by atoms with Crippen molar-refractivity contribution in [1.29, 1.82) is 0 Å². The quantitative estimate of drug-likeness (QED) is 0.601. The predicted octanol–water partition coefficient (Wildman–Crippen LogP) is 3.87. The van der Waals surface area contributed by atoms with Crippen LogP contribution < -0.4 is 10.0 Å². The lowest BCUT2D eigenvalue weighted by Crippen LogP contribution is -2.41. The van der Waals surface area contributed by atoms with E-state index in [4.69, 9.17) is 4.42 Å². The molecule has 1 aromatic heterocycles. The maximum absolute atomic E-state index is 12.9. The first-order chi connectivity index (χ1) is 16.8. The van der Waals surface area contributed by atoms with Crippen molar-refractivity contribution in [3.8, 4) is 0 Å². The summed E-state index contributed by atoms with van der Waals surface area (Å²) in [6, 6.07) is 7.90. The van der Waals surface area contributed by atoms with Gasteiger partial charge in [0, 0.05) is 30.7 Å². The lowest BCUT2D eigenvalue weighted by atomic mass is 9.84. The number of nitrogens with zero attached hydrogens (tertiary/aromatic N) is 1. The van der Waals surface area contributed by atoms with Crippen molar-refractivity contribution < 1.29 is 22.4 Å². The van der Waals surface area contributed by atoms with Crippen molar-refractivity contribution >= 4 is 27.5 Å². The number of benzene rings is 1. The number of fused-ring (bicyclic) bond motifs is 2. The highest BCUT2D eigenvalue weighted by molar-refractivity contribution is 7.89. The number of sulfonamides is 1. The van der Waals surface area contributed by atoms with E-state index in [1.165, 1.54) is 43.9 Å². The third kappa shape index (κ3) is 5.16. The maximum Gasteiger partial charge on any atom is 0.257 e. The fraction of sp³-hybridized carbons (Fsp3) is 0.538. The van der Waals surface area contributed by atoms with Crippen molar-refractivity contribution in [3.05, 3.63) is 48.4 Å². The molecule has 35 heavy (non-hydrogen) atoms. The summed E-state index contributed by atoms with van der Waals surface area (Å²) < 4.78 is 33.7. The van der Waals surface area contributed by atoms with Crippen LogP contribution in [-0.2, 0) is 14.8 Å². The van der Waals surface area contributed by atoms with Crippen LogP contribution in [0, 0.1) is 23.7 Å². The fourth-order valence-corrected chi connectivity index (χ4v) is 7.48. The second-order valence-corrected chi connectivity index (χ2v) is 12.1. The van der Waals surface area contributed by atoms with Crippen molar-refractivity contribution in [2.24, 2.45) is 23.7 Å². The molecule has 0 radical (unpaired) electrons. The zero-order chi connectivity index (χ0) is 24.6. The maximum atomic E-state index is 12.9. The second-order valence-electron chi connectivity index (χ2n) is 10.3. The molecule has 2 aromatic rings. The molecule has 2 N–H and O–H groups in total. The van der Waals surface area contributed by atoms with E-state index in [0.29, 0.717) is 49.0 Å². The molecule has 9 heteroatoms. The summed E-state index contributed by atoms with van der Waals surface area (Å²) in [7, 11) is -3.62. The van der Waals surface area contributed by atoms with Crippen LogP contribution in [0.4, 0.5) is 5.69 Å². The smallest absolute Gasteiger partial charge is 0.257 e. The number of likely N-dealkylation sites (tertiary alicyclic amines) is 1. The number of rotatable bonds is 7. The molecule has 1 aromatic carbocycles. The summed E-state index contributed by atoms with van der Waals surface area (Å²) in [4.78, 5) is 27.1. The molecule has 2 aliphatic carbocycles. The number of piperidine rings is 1. The van der Waals surface area contributed by atoms with Gasteiger partial charge in [-0.1, -0.05) is 6.42 Å².